The lowest BCUT2D eigenvalue weighted by atomic mass is 9.43. The van der Waals surface area contributed by atoms with E-state index in [-0.39, 0.29) is 5.41 Å². The predicted molar refractivity (Wildman–Crippen MR) is 279 cm³/mol. The summed E-state index contributed by atoms with van der Waals surface area (Å²) in [5, 5.41) is 2.60. The molecule has 0 N–H and O–H groups in total. The first-order valence-corrected chi connectivity index (χ1v) is 24.9. The molecule has 1 heterocycles. The van der Waals surface area contributed by atoms with Crippen LogP contribution in [0.2, 0.25) is 0 Å². The van der Waals surface area contributed by atoms with E-state index >= 15 is 0 Å². The summed E-state index contributed by atoms with van der Waals surface area (Å²) in [6.07, 6.45) is 7.18. The molecule has 4 saturated carbocycles. The first-order chi connectivity index (χ1) is 32.7. The average molecular weight is 864 g/mol. The maximum atomic E-state index is 2.54. The van der Waals surface area contributed by atoms with Gasteiger partial charge in [-0.2, -0.15) is 0 Å². The summed E-state index contributed by atoms with van der Waals surface area (Å²) in [6.45, 7) is 0. The topological polar surface area (TPSA) is 3.24 Å². The second-order valence-electron chi connectivity index (χ2n) is 19.7. The third kappa shape index (κ3) is 5.90. The van der Waals surface area contributed by atoms with Crippen molar-refractivity contribution in [3.63, 3.8) is 0 Å². The van der Waals surface area contributed by atoms with Crippen molar-refractivity contribution in [3.05, 3.63) is 223 Å². The molecule has 0 unspecified atom stereocenters. The Morgan fingerprint density at radius 3 is 1.45 bits per heavy atom. The van der Waals surface area contributed by atoms with E-state index < -0.39 is 0 Å². The van der Waals surface area contributed by atoms with Crippen LogP contribution in [0, 0.1) is 23.7 Å². The molecule has 0 atom stereocenters. The number of thiophene rings is 1. The number of hydrogen-bond acceptors (Lipinski definition) is 2. The van der Waals surface area contributed by atoms with Gasteiger partial charge in [-0.1, -0.05) is 170 Å². The molecule has 0 radical (unpaired) electrons. The van der Waals surface area contributed by atoms with Crippen LogP contribution in [0.3, 0.4) is 0 Å². The fourth-order valence-corrected chi connectivity index (χ4v) is 14.8. The van der Waals surface area contributed by atoms with Gasteiger partial charge in [0.1, 0.15) is 0 Å². The van der Waals surface area contributed by atoms with Gasteiger partial charge in [0.25, 0.3) is 0 Å². The SMILES string of the molecule is c1ccc(-c2ccc(N(c3ccc(-c4ccc(-c5ccc(-c6ccc7c(c6)-c6ccccc6C76C7CC8CC(C7)CC6C8)cc5)cc4)cc3)c3cccc4c3sc3ccccc34)cc2)cc1. The largest absolute Gasteiger partial charge is 0.309 e. The Hall–Kier alpha value is -7.00. The summed E-state index contributed by atoms with van der Waals surface area (Å²) in [6, 6.07) is 79.5. The number of benzene rings is 9. The van der Waals surface area contributed by atoms with E-state index in [1.54, 1.807) is 11.1 Å². The summed E-state index contributed by atoms with van der Waals surface area (Å²) in [5.41, 5.74) is 19.8. The number of rotatable bonds is 7. The molecular formula is C64H49NS. The molecule has 66 heavy (non-hydrogen) atoms. The molecule has 1 spiro atoms. The normalized spacial score (nSPS) is 21.1. The molecule has 5 aliphatic rings. The zero-order chi connectivity index (χ0) is 43.3. The van der Waals surface area contributed by atoms with Crippen LogP contribution < -0.4 is 4.90 Å². The first-order valence-electron chi connectivity index (χ1n) is 24.1. The fraction of sp³-hybridized carbons (Fsp3) is 0.156. The monoisotopic (exact) mass is 863 g/mol. The van der Waals surface area contributed by atoms with Gasteiger partial charge >= 0.3 is 0 Å². The highest BCUT2D eigenvalue weighted by atomic mass is 32.1. The zero-order valence-electron chi connectivity index (χ0n) is 36.9. The minimum Gasteiger partial charge on any atom is -0.309 e. The molecule has 2 heteroatoms. The molecule has 0 aliphatic heterocycles. The molecule has 316 valence electrons. The van der Waals surface area contributed by atoms with Gasteiger partial charge in [0.15, 0.2) is 0 Å². The molecule has 9 aromatic carbocycles. The summed E-state index contributed by atoms with van der Waals surface area (Å²) < 4.78 is 2.60. The molecular weight excluding hydrogens is 815 g/mol. The van der Waals surface area contributed by atoms with Gasteiger partial charge in [0, 0.05) is 32.3 Å². The van der Waals surface area contributed by atoms with Gasteiger partial charge in [-0.3, -0.25) is 0 Å². The van der Waals surface area contributed by atoms with E-state index in [2.05, 4.69) is 217 Å². The van der Waals surface area contributed by atoms with Crippen LogP contribution in [0.5, 0.6) is 0 Å². The smallest absolute Gasteiger partial charge is 0.0640 e. The fourth-order valence-electron chi connectivity index (χ4n) is 13.6. The molecule has 0 amide bonds. The van der Waals surface area contributed by atoms with Crippen LogP contribution in [0.25, 0.3) is 75.8 Å². The highest BCUT2D eigenvalue weighted by Gasteiger charge is 2.61. The molecule has 4 fully saturated rings. The first kappa shape index (κ1) is 38.3. The third-order valence-electron chi connectivity index (χ3n) is 16.3. The number of nitrogens with zero attached hydrogens (tertiary/aromatic N) is 1. The molecule has 0 saturated heterocycles. The van der Waals surface area contributed by atoms with Crippen molar-refractivity contribution in [1.29, 1.82) is 0 Å². The molecule has 15 rings (SSSR count). The van der Waals surface area contributed by atoms with Crippen molar-refractivity contribution in [2.75, 3.05) is 4.90 Å². The highest BCUT2D eigenvalue weighted by Crippen LogP contribution is 2.69. The Morgan fingerprint density at radius 2 is 0.833 bits per heavy atom. The van der Waals surface area contributed by atoms with Crippen molar-refractivity contribution in [3.8, 4) is 55.6 Å². The predicted octanol–water partition coefficient (Wildman–Crippen LogP) is 17.9. The second kappa shape index (κ2) is 15.0. The van der Waals surface area contributed by atoms with E-state index in [1.807, 2.05) is 11.3 Å². The van der Waals surface area contributed by atoms with Gasteiger partial charge in [-0.25, -0.2) is 0 Å². The highest BCUT2D eigenvalue weighted by molar-refractivity contribution is 7.26. The van der Waals surface area contributed by atoms with Crippen molar-refractivity contribution < 1.29 is 0 Å². The molecule has 4 bridgehead atoms. The second-order valence-corrected chi connectivity index (χ2v) is 20.7. The van der Waals surface area contributed by atoms with Crippen LogP contribution in [-0.4, -0.2) is 0 Å². The van der Waals surface area contributed by atoms with Crippen molar-refractivity contribution in [2.24, 2.45) is 23.7 Å². The Kier molecular flexibility index (Phi) is 8.71. The number of fused-ring (bicyclic) bond motifs is 6. The van der Waals surface area contributed by atoms with E-state index in [1.165, 1.54) is 114 Å². The maximum absolute atomic E-state index is 2.54. The zero-order valence-corrected chi connectivity index (χ0v) is 37.7. The van der Waals surface area contributed by atoms with Crippen LogP contribution >= 0.6 is 11.3 Å². The summed E-state index contributed by atoms with van der Waals surface area (Å²) in [4.78, 5) is 2.42. The van der Waals surface area contributed by atoms with E-state index in [9.17, 15) is 0 Å². The maximum Gasteiger partial charge on any atom is 0.0640 e. The van der Waals surface area contributed by atoms with Gasteiger partial charge in [-0.05, 0) is 165 Å². The van der Waals surface area contributed by atoms with Gasteiger partial charge in [-0.15, -0.1) is 11.3 Å². The summed E-state index contributed by atoms with van der Waals surface area (Å²) in [5.74, 6) is 3.51. The van der Waals surface area contributed by atoms with Gasteiger partial charge in [0.2, 0.25) is 0 Å². The quantitative estimate of drug-likeness (QED) is 0.154. The number of hydrogen-bond donors (Lipinski definition) is 0. The van der Waals surface area contributed by atoms with Crippen LogP contribution in [-0.2, 0) is 5.41 Å². The van der Waals surface area contributed by atoms with E-state index in [0.29, 0.717) is 0 Å². The standard InChI is InChI=1S/C64H49NS/c1-2-9-43(10-3-1)47-25-30-53(31-26-47)65(61-15-8-13-57-56-12-5-7-16-62(56)66-63(57)61)54-32-27-48(28-33-54)46-19-17-44(18-20-46)45-21-23-49(24-22-45)50-29-34-60-58(40-50)55-11-4-6-14-59(55)64(60)51-36-41-35-42(38-51)39-52(64)37-41/h1-34,40-42,51-52H,35-39H2. The lowest BCUT2D eigenvalue weighted by Crippen LogP contribution is -2.55. The lowest BCUT2D eigenvalue weighted by Gasteiger charge is -2.61. The van der Waals surface area contributed by atoms with Gasteiger partial charge in [0.05, 0.1) is 10.4 Å². The number of anilines is 3. The Balaban J connectivity index is 0.747. The minimum absolute atomic E-state index is 0.224. The van der Waals surface area contributed by atoms with E-state index in [4.69, 9.17) is 0 Å². The Labute approximate surface area is 391 Å². The molecule has 10 aromatic rings. The Bertz CT molecular complexity index is 3420. The van der Waals surface area contributed by atoms with Crippen LogP contribution in [0.15, 0.2) is 212 Å². The Morgan fingerprint density at radius 1 is 0.364 bits per heavy atom. The molecule has 1 nitrogen and oxygen atoms in total. The van der Waals surface area contributed by atoms with Gasteiger partial charge < -0.3 is 4.90 Å². The lowest BCUT2D eigenvalue weighted by molar-refractivity contribution is -0.0399. The van der Waals surface area contributed by atoms with Crippen molar-refractivity contribution in [2.45, 2.75) is 37.5 Å². The third-order valence-corrected chi connectivity index (χ3v) is 17.5. The van der Waals surface area contributed by atoms with Crippen molar-refractivity contribution in [1.82, 2.24) is 0 Å². The van der Waals surface area contributed by atoms with Crippen LogP contribution in [0.1, 0.15) is 43.2 Å². The van der Waals surface area contributed by atoms with Crippen LogP contribution in [0.4, 0.5) is 17.1 Å². The van der Waals surface area contributed by atoms with E-state index in [0.717, 1.165) is 35.0 Å². The summed E-state index contributed by atoms with van der Waals surface area (Å²) >= 11 is 1.87. The van der Waals surface area contributed by atoms with Crippen molar-refractivity contribution >= 4 is 48.6 Å². The average Bonchev–Trinajstić information content (AvgIpc) is 3.91. The molecule has 5 aliphatic carbocycles. The molecule has 1 aromatic heterocycles. The minimum atomic E-state index is 0.224. The summed E-state index contributed by atoms with van der Waals surface area (Å²) in [7, 11) is 0.